The number of nitrogens with one attached hydrogen (secondary N) is 2. The average molecular weight is 201 g/mol. The second-order valence-electron chi connectivity index (χ2n) is 2.14. The van der Waals surface area contributed by atoms with Gasteiger partial charge in [0.25, 0.3) is 0 Å². The van der Waals surface area contributed by atoms with E-state index in [1.54, 1.807) is 6.92 Å². The van der Waals surface area contributed by atoms with Crippen molar-refractivity contribution in [1.29, 1.82) is 5.41 Å². The Kier molecular flexibility index (Phi) is 2.27. The number of halogens is 1. The molecule has 1 aliphatic rings. The molecule has 1 heterocycles. The molecule has 0 amide bonds. The minimum atomic E-state index is 0.174. The lowest BCUT2D eigenvalue weighted by molar-refractivity contribution is 0.891. The molecular weight excluding hydrogens is 192 g/mol. The molecule has 1 unspecified atom stereocenters. The Morgan fingerprint density at radius 1 is 1.80 bits per heavy atom. The minimum absolute atomic E-state index is 0.174. The fraction of sp³-hybridized carbons (Fsp3) is 0.286. The first kappa shape index (κ1) is 7.54. The van der Waals surface area contributed by atoms with Gasteiger partial charge < -0.3 is 10.7 Å². The predicted octanol–water partition coefficient (Wildman–Crippen LogP) is 1.79. The highest BCUT2D eigenvalue weighted by molar-refractivity contribution is 9.09. The Bertz CT molecular complexity index is 206. The van der Waals surface area contributed by atoms with Gasteiger partial charge in [-0.3, -0.25) is 0 Å². The second-order valence-corrected chi connectivity index (χ2v) is 3.12. The molecule has 0 saturated carbocycles. The fourth-order valence-electron chi connectivity index (χ4n) is 0.727. The van der Waals surface area contributed by atoms with Crippen molar-refractivity contribution >= 4 is 21.6 Å². The molecule has 0 fully saturated rings. The molecule has 0 aromatic carbocycles. The third-order valence-corrected chi connectivity index (χ3v) is 1.77. The highest BCUT2D eigenvalue weighted by Gasteiger charge is 2.05. The molecule has 0 aliphatic carbocycles. The van der Waals surface area contributed by atoms with Crippen LogP contribution in [0.2, 0.25) is 0 Å². The van der Waals surface area contributed by atoms with E-state index in [0.717, 1.165) is 5.70 Å². The van der Waals surface area contributed by atoms with Gasteiger partial charge in [0, 0.05) is 0 Å². The summed E-state index contributed by atoms with van der Waals surface area (Å²) >= 11 is 3.36. The first-order valence-corrected chi connectivity index (χ1v) is 3.96. The molecule has 2 N–H and O–H groups in total. The number of hydrogen-bond acceptors (Lipinski definition) is 2. The molecule has 2 nitrogen and oxygen atoms in total. The highest BCUT2D eigenvalue weighted by Crippen LogP contribution is 2.07. The van der Waals surface area contributed by atoms with Crippen LogP contribution in [0, 0.1) is 5.41 Å². The Hall–Kier alpha value is -0.570. The smallest absolute Gasteiger partial charge is 0.101 e. The van der Waals surface area contributed by atoms with Crippen molar-refractivity contribution < 1.29 is 0 Å². The normalized spacial score (nSPS) is 23.4. The zero-order valence-corrected chi connectivity index (χ0v) is 7.27. The van der Waals surface area contributed by atoms with E-state index in [0.29, 0.717) is 5.71 Å². The second kappa shape index (κ2) is 3.01. The molecule has 0 aromatic heterocycles. The van der Waals surface area contributed by atoms with Crippen LogP contribution in [0.3, 0.4) is 0 Å². The van der Waals surface area contributed by atoms with Gasteiger partial charge in [-0.15, -0.1) is 0 Å². The van der Waals surface area contributed by atoms with E-state index in [1.807, 2.05) is 18.2 Å². The van der Waals surface area contributed by atoms with Crippen molar-refractivity contribution in [2.24, 2.45) is 0 Å². The zero-order valence-electron chi connectivity index (χ0n) is 5.69. The molecule has 0 saturated heterocycles. The third kappa shape index (κ3) is 1.70. The van der Waals surface area contributed by atoms with Crippen LogP contribution in [0.1, 0.15) is 6.92 Å². The van der Waals surface area contributed by atoms with Crippen LogP contribution < -0.4 is 5.32 Å². The van der Waals surface area contributed by atoms with Gasteiger partial charge in [0.2, 0.25) is 0 Å². The monoisotopic (exact) mass is 200 g/mol. The van der Waals surface area contributed by atoms with Gasteiger partial charge in [0.05, 0.1) is 11.4 Å². The summed E-state index contributed by atoms with van der Waals surface area (Å²) in [5.74, 6) is 0. The van der Waals surface area contributed by atoms with E-state index < -0.39 is 0 Å². The van der Waals surface area contributed by atoms with Crippen molar-refractivity contribution in [3.05, 3.63) is 23.9 Å². The first-order valence-electron chi connectivity index (χ1n) is 3.05. The number of dihydropyridines is 1. The van der Waals surface area contributed by atoms with Gasteiger partial charge in [0.15, 0.2) is 0 Å². The van der Waals surface area contributed by atoms with Crippen molar-refractivity contribution in [1.82, 2.24) is 5.32 Å². The van der Waals surface area contributed by atoms with Gasteiger partial charge in [-0.2, -0.15) is 0 Å². The summed E-state index contributed by atoms with van der Waals surface area (Å²) in [5.41, 5.74) is 1.44. The van der Waals surface area contributed by atoms with Crippen LogP contribution in [0.5, 0.6) is 0 Å². The molecule has 10 heavy (non-hydrogen) atoms. The molecule has 3 heteroatoms. The van der Waals surface area contributed by atoms with Crippen LogP contribution in [0.15, 0.2) is 23.9 Å². The predicted molar refractivity (Wildman–Crippen MR) is 46.5 cm³/mol. The molecule has 1 aliphatic heterocycles. The topological polar surface area (TPSA) is 35.9 Å². The maximum absolute atomic E-state index is 7.29. The van der Waals surface area contributed by atoms with Crippen LogP contribution in [0.4, 0.5) is 0 Å². The summed E-state index contributed by atoms with van der Waals surface area (Å²) in [6.45, 7) is 1.76. The van der Waals surface area contributed by atoms with E-state index in [2.05, 4.69) is 21.2 Å². The van der Waals surface area contributed by atoms with Gasteiger partial charge in [0.1, 0.15) is 4.95 Å². The number of alkyl halides is 1. The van der Waals surface area contributed by atoms with Gasteiger partial charge in [-0.1, -0.05) is 28.1 Å². The number of allylic oxidation sites excluding steroid dienone is 3. The van der Waals surface area contributed by atoms with E-state index in [9.17, 15) is 0 Å². The molecule has 0 aromatic rings. The minimum Gasteiger partial charge on any atom is -0.368 e. The van der Waals surface area contributed by atoms with E-state index >= 15 is 0 Å². The zero-order chi connectivity index (χ0) is 7.56. The molecule has 1 rings (SSSR count). The Morgan fingerprint density at radius 3 is 2.90 bits per heavy atom. The first-order chi connectivity index (χ1) is 4.70. The van der Waals surface area contributed by atoms with Crippen LogP contribution in [-0.2, 0) is 0 Å². The summed E-state index contributed by atoms with van der Waals surface area (Å²) < 4.78 is 0. The maximum atomic E-state index is 7.29. The van der Waals surface area contributed by atoms with Gasteiger partial charge >= 0.3 is 0 Å². The molecule has 0 spiro atoms. The van der Waals surface area contributed by atoms with Crippen molar-refractivity contribution in [2.75, 3.05) is 0 Å². The molecular formula is C7H9BrN2. The van der Waals surface area contributed by atoms with Gasteiger partial charge in [-0.25, -0.2) is 0 Å². The summed E-state index contributed by atoms with van der Waals surface area (Å²) in [5, 5.41) is 10.4. The van der Waals surface area contributed by atoms with E-state index in [4.69, 9.17) is 5.41 Å². The molecule has 0 bridgehead atoms. The Balaban J connectivity index is 2.71. The maximum Gasteiger partial charge on any atom is 0.101 e. The number of rotatable bonds is 1. The molecule has 0 radical (unpaired) electrons. The quantitative estimate of drug-likeness (QED) is 0.378. The van der Waals surface area contributed by atoms with Crippen molar-refractivity contribution in [2.45, 2.75) is 11.9 Å². The lowest BCUT2D eigenvalue weighted by Gasteiger charge is -2.15. The summed E-state index contributed by atoms with van der Waals surface area (Å²) in [6.07, 6.45) is 5.80. The van der Waals surface area contributed by atoms with Crippen LogP contribution in [-0.4, -0.2) is 10.7 Å². The highest BCUT2D eigenvalue weighted by atomic mass is 79.9. The fourth-order valence-corrected chi connectivity index (χ4v) is 1.15. The SMILES string of the molecule is CC(=N)C1=CC=CC(Br)N1. The standard InChI is InChI=1S/C7H9BrN2/c1-5(9)6-3-2-4-7(8)10-6/h2-4,7,9-10H,1H3. The lowest BCUT2D eigenvalue weighted by atomic mass is 10.2. The largest absolute Gasteiger partial charge is 0.368 e. The molecule has 1 atom stereocenters. The average Bonchev–Trinajstić information content (AvgIpc) is 1.88. The van der Waals surface area contributed by atoms with Crippen LogP contribution in [0.25, 0.3) is 0 Å². The third-order valence-electron chi connectivity index (χ3n) is 1.24. The summed E-state index contributed by atoms with van der Waals surface area (Å²) in [7, 11) is 0. The van der Waals surface area contributed by atoms with E-state index in [-0.39, 0.29) is 4.95 Å². The summed E-state index contributed by atoms with van der Waals surface area (Å²) in [4.78, 5) is 0.174. The van der Waals surface area contributed by atoms with Gasteiger partial charge in [-0.05, 0) is 13.0 Å². The lowest BCUT2D eigenvalue weighted by Crippen LogP contribution is -2.26. The number of hydrogen-bond donors (Lipinski definition) is 2. The van der Waals surface area contributed by atoms with Crippen molar-refractivity contribution in [3.8, 4) is 0 Å². The van der Waals surface area contributed by atoms with Crippen LogP contribution >= 0.6 is 15.9 Å². The van der Waals surface area contributed by atoms with Crippen molar-refractivity contribution in [3.63, 3.8) is 0 Å². The molecule has 54 valence electrons. The Labute approximate surface area is 68.6 Å². The Morgan fingerprint density at radius 2 is 2.50 bits per heavy atom. The van der Waals surface area contributed by atoms with E-state index in [1.165, 1.54) is 0 Å². The summed E-state index contributed by atoms with van der Waals surface area (Å²) in [6, 6.07) is 0.